The second-order valence-corrected chi connectivity index (χ2v) is 7.25. The molecule has 4 nitrogen and oxygen atoms in total. The average Bonchev–Trinajstić information content (AvgIpc) is 2.53. The first-order valence-electron chi connectivity index (χ1n) is 8.98. The minimum atomic E-state index is -0.427. The van der Waals surface area contributed by atoms with Crippen molar-refractivity contribution in [2.45, 2.75) is 63.3 Å². The third-order valence-corrected chi connectivity index (χ3v) is 5.24. The fourth-order valence-electron chi connectivity index (χ4n) is 3.79. The molecular formula is C19H30N2O2. The number of aryl methyl sites for hydroxylation is 1. The Kier molecular flexibility index (Phi) is 5.57. The van der Waals surface area contributed by atoms with E-state index in [0.29, 0.717) is 6.04 Å². The maximum Gasteiger partial charge on any atom is 0.126 e. The quantitative estimate of drug-likeness (QED) is 0.894. The molecule has 2 aliphatic rings. The summed E-state index contributed by atoms with van der Waals surface area (Å²) in [6, 6.07) is 8.78. The molecule has 0 unspecified atom stereocenters. The molecule has 4 heteroatoms. The van der Waals surface area contributed by atoms with Crippen molar-refractivity contribution in [3.05, 3.63) is 29.8 Å². The van der Waals surface area contributed by atoms with E-state index < -0.39 is 6.10 Å². The van der Waals surface area contributed by atoms with Gasteiger partial charge >= 0.3 is 0 Å². The van der Waals surface area contributed by atoms with Crippen LogP contribution >= 0.6 is 0 Å². The van der Waals surface area contributed by atoms with Crippen molar-refractivity contribution < 1.29 is 9.84 Å². The largest absolute Gasteiger partial charge is 0.488 e. The van der Waals surface area contributed by atoms with Gasteiger partial charge in [-0.25, -0.2) is 0 Å². The lowest BCUT2D eigenvalue weighted by atomic mass is 9.88. The SMILES string of the molecule is Cc1cccc(O[C@@H]2CCC[C@H](NC3CCN(C)CC3)[C@H]2O)c1. The lowest BCUT2D eigenvalue weighted by molar-refractivity contribution is -0.0198. The Bertz CT molecular complexity index is 500. The Morgan fingerprint density at radius 2 is 1.96 bits per heavy atom. The topological polar surface area (TPSA) is 44.7 Å². The van der Waals surface area contributed by atoms with Gasteiger partial charge in [-0.05, 0) is 76.9 Å². The summed E-state index contributed by atoms with van der Waals surface area (Å²) in [5, 5.41) is 14.4. The fourth-order valence-corrected chi connectivity index (χ4v) is 3.79. The number of hydrogen-bond donors (Lipinski definition) is 2. The van der Waals surface area contributed by atoms with Crippen LogP contribution in [0.5, 0.6) is 5.75 Å². The van der Waals surface area contributed by atoms with Gasteiger partial charge in [-0.15, -0.1) is 0 Å². The predicted molar refractivity (Wildman–Crippen MR) is 92.9 cm³/mol. The van der Waals surface area contributed by atoms with Gasteiger partial charge in [0.15, 0.2) is 0 Å². The van der Waals surface area contributed by atoms with Crippen LogP contribution < -0.4 is 10.1 Å². The van der Waals surface area contributed by atoms with E-state index >= 15 is 0 Å². The number of hydrogen-bond acceptors (Lipinski definition) is 4. The number of ether oxygens (including phenoxy) is 1. The zero-order chi connectivity index (χ0) is 16.2. The van der Waals surface area contributed by atoms with Crippen LogP contribution in [0.15, 0.2) is 24.3 Å². The highest BCUT2D eigenvalue weighted by molar-refractivity contribution is 5.27. The van der Waals surface area contributed by atoms with E-state index in [-0.39, 0.29) is 12.1 Å². The van der Waals surface area contributed by atoms with Gasteiger partial charge in [0.05, 0.1) is 0 Å². The van der Waals surface area contributed by atoms with E-state index in [1.807, 2.05) is 18.2 Å². The Hall–Kier alpha value is -1.10. The number of aliphatic hydroxyl groups excluding tert-OH is 1. The molecule has 2 fully saturated rings. The molecule has 23 heavy (non-hydrogen) atoms. The van der Waals surface area contributed by atoms with Crippen LogP contribution in [-0.2, 0) is 0 Å². The van der Waals surface area contributed by atoms with Crippen molar-refractivity contribution in [1.82, 2.24) is 10.2 Å². The monoisotopic (exact) mass is 318 g/mol. The number of aliphatic hydroxyl groups is 1. The molecule has 3 atom stereocenters. The molecule has 2 N–H and O–H groups in total. The standard InChI is InChI=1S/C19H30N2O2/c1-14-5-3-6-16(13-14)23-18-8-4-7-17(19(18)22)20-15-9-11-21(2)12-10-15/h3,5-6,13,15,17-20,22H,4,7-12H2,1-2H3/t17-,18+,19+/m0/s1. The molecule has 1 aromatic carbocycles. The van der Waals surface area contributed by atoms with Gasteiger partial charge in [-0.1, -0.05) is 12.1 Å². The second-order valence-electron chi connectivity index (χ2n) is 7.25. The van der Waals surface area contributed by atoms with Crippen LogP contribution in [0.2, 0.25) is 0 Å². The number of likely N-dealkylation sites (tertiary alicyclic amines) is 1. The van der Waals surface area contributed by atoms with E-state index in [4.69, 9.17) is 4.74 Å². The van der Waals surface area contributed by atoms with Gasteiger partial charge in [0, 0.05) is 12.1 Å². The lowest BCUT2D eigenvalue weighted by Gasteiger charge is -2.39. The smallest absolute Gasteiger partial charge is 0.126 e. The summed E-state index contributed by atoms with van der Waals surface area (Å²) in [7, 11) is 2.18. The molecule has 128 valence electrons. The summed E-state index contributed by atoms with van der Waals surface area (Å²) in [5.74, 6) is 0.869. The summed E-state index contributed by atoms with van der Waals surface area (Å²) in [5.41, 5.74) is 1.19. The van der Waals surface area contributed by atoms with E-state index in [0.717, 1.165) is 38.1 Å². The molecule has 0 bridgehead atoms. The molecule has 0 amide bonds. The van der Waals surface area contributed by atoms with Crippen molar-refractivity contribution in [3.63, 3.8) is 0 Å². The number of nitrogens with zero attached hydrogens (tertiary/aromatic N) is 1. The highest BCUT2D eigenvalue weighted by Gasteiger charge is 2.34. The first-order valence-corrected chi connectivity index (χ1v) is 8.98. The molecule has 3 rings (SSSR count). The lowest BCUT2D eigenvalue weighted by Crippen LogP contribution is -2.55. The van der Waals surface area contributed by atoms with E-state index in [1.54, 1.807) is 0 Å². The molecule has 1 heterocycles. The minimum Gasteiger partial charge on any atom is -0.488 e. The van der Waals surface area contributed by atoms with Gasteiger partial charge in [-0.3, -0.25) is 0 Å². The van der Waals surface area contributed by atoms with Gasteiger partial charge in [0.2, 0.25) is 0 Å². The first-order chi connectivity index (χ1) is 11.1. The Morgan fingerprint density at radius 1 is 1.17 bits per heavy atom. The normalized spacial score (nSPS) is 30.3. The second kappa shape index (κ2) is 7.65. The molecule has 0 radical (unpaired) electrons. The zero-order valence-electron chi connectivity index (χ0n) is 14.4. The first kappa shape index (κ1) is 16.7. The van der Waals surface area contributed by atoms with E-state index in [9.17, 15) is 5.11 Å². The summed E-state index contributed by atoms with van der Waals surface area (Å²) in [6.07, 6.45) is 4.89. The maximum atomic E-state index is 10.7. The third kappa shape index (κ3) is 4.46. The molecule has 0 aromatic heterocycles. The van der Waals surface area contributed by atoms with Crippen molar-refractivity contribution >= 4 is 0 Å². The van der Waals surface area contributed by atoms with Crippen molar-refractivity contribution in [2.75, 3.05) is 20.1 Å². The van der Waals surface area contributed by atoms with E-state index in [2.05, 4.69) is 30.3 Å². The highest BCUT2D eigenvalue weighted by Crippen LogP contribution is 2.26. The Morgan fingerprint density at radius 3 is 2.70 bits per heavy atom. The minimum absolute atomic E-state index is 0.102. The van der Waals surface area contributed by atoms with Crippen LogP contribution in [0.4, 0.5) is 0 Å². The molecule has 1 aliphatic heterocycles. The van der Waals surface area contributed by atoms with Crippen molar-refractivity contribution in [2.24, 2.45) is 0 Å². The predicted octanol–water partition coefficient (Wildman–Crippen LogP) is 2.34. The molecule has 1 aliphatic carbocycles. The summed E-state index contributed by atoms with van der Waals surface area (Å²) in [6.45, 7) is 4.35. The number of benzene rings is 1. The van der Waals surface area contributed by atoms with Crippen molar-refractivity contribution in [3.8, 4) is 5.75 Å². The highest BCUT2D eigenvalue weighted by atomic mass is 16.5. The Labute approximate surface area is 139 Å². The molecule has 1 aromatic rings. The van der Waals surface area contributed by atoms with Crippen LogP contribution in [0.1, 0.15) is 37.7 Å². The number of piperidine rings is 1. The molecule has 0 spiro atoms. The number of nitrogens with one attached hydrogen (secondary N) is 1. The van der Waals surface area contributed by atoms with Crippen LogP contribution in [-0.4, -0.2) is 54.4 Å². The van der Waals surface area contributed by atoms with Gasteiger partial charge < -0.3 is 20.1 Å². The van der Waals surface area contributed by atoms with Crippen LogP contribution in [0.25, 0.3) is 0 Å². The van der Waals surface area contributed by atoms with Gasteiger partial charge in [0.25, 0.3) is 0 Å². The van der Waals surface area contributed by atoms with Gasteiger partial charge in [0.1, 0.15) is 18.0 Å². The summed E-state index contributed by atoms with van der Waals surface area (Å²) >= 11 is 0. The average molecular weight is 318 g/mol. The van der Waals surface area contributed by atoms with Crippen molar-refractivity contribution in [1.29, 1.82) is 0 Å². The summed E-state index contributed by atoms with van der Waals surface area (Å²) < 4.78 is 6.09. The fraction of sp³-hybridized carbons (Fsp3) is 0.684. The Balaban J connectivity index is 1.56. The maximum absolute atomic E-state index is 10.7. The van der Waals surface area contributed by atoms with Crippen LogP contribution in [0, 0.1) is 6.92 Å². The number of rotatable bonds is 4. The van der Waals surface area contributed by atoms with E-state index in [1.165, 1.54) is 18.4 Å². The summed E-state index contributed by atoms with van der Waals surface area (Å²) in [4.78, 5) is 2.37. The molecule has 1 saturated heterocycles. The molecular weight excluding hydrogens is 288 g/mol. The van der Waals surface area contributed by atoms with Crippen LogP contribution in [0.3, 0.4) is 0 Å². The molecule has 1 saturated carbocycles. The van der Waals surface area contributed by atoms with Gasteiger partial charge in [-0.2, -0.15) is 0 Å². The zero-order valence-corrected chi connectivity index (χ0v) is 14.4. The third-order valence-electron chi connectivity index (χ3n) is 5.24.